The lowest BCUT2D eigenvalue weighted by atomic mass is 9.55. The van der Waals surface area contributed by atoms with Crippen LogP contribution in [0.4, 0.5) is 0 Å². The van der Waals surface area contributed by atoms with Crippen molar-refractivity contribution in [3.05, 3.63) is 30.1 Å². The Morgan fingerprint density at radius 1 is 1.03 bits per heavy atom. The Morgan fingerprint density at radius 3 is 2.76 bits per heavy atom. The molecule has 0 aliphatic carbocycles. The van der Waals surface area contributed by atoms with Crippen LogP contribution in [0.1, 0.15) is 106 Å². The molecule has 2 bridgehead atoms. The van der Waals surface area contributed by atoms with Gasteiger partial charge in [-0.25, -0.2) is 0 Å². The van der Waals surface area contributed by atoms with Crippen LogP contribution in [-0.2, 0) is 0 Å². The molecule has 7 rings (SSSR count). The molecule has 0 N–H and O–H groups in total. The molecule has 7 heterocycles. The smallest absolute Gasteiger partial charge is 0.179 e. The summed E-state index contributed by atoms with van der Waals surface area (Å²) in [5.41, 5.74) is 4.62. The highest BCUT2D eigenvalue weighted by Crippen LogP contribution is 2.74. The number of nitrogens with zero attached hydrogens (tertiary/aromatic N) is 2. The van der Waals surface area contributed by atoms with Gasteiger partial charge in [-0.05, 0) is 87.8 Å². The van der Waals surface area contributed by atoms with Gasteiger partial charge >= 0.3 is 0 Å². The summed E-state index contributed by atoms with van der Waals surface area (Å²) in [6, 6.07) is 5.65. The Hall–Kier alpha value is -1.35. The Bertz CT molecular complexity index is 941. The lowest BCUT2D eigenvalue weighted by Gasteiger charge is -2.64. The van der Waals surface area contributed by atoms with E-state index in [9.17, 15) is 4.79 Å². The Morgan fingerprint density at radius 2 is 1.86 bits per heavy atom. The molecule has 6 atom stereocenters. The number of aromatic nitrogens is 1. The molecule has 0 aromatic carbocycles. The summed E-state index contributed by atoms with van der Waals surface area (Å²) >= 11 is 0. The van der Waals surface area contributed by atoms with Crippen LogP contribution >= 0.6 is 0 Å². The van der Waals surface area contributed by atoms with Gasteiger partial charge in [0.25, 0.3) is 0 Å². The first-order valence-electron chi connectivity index (χ1n) is 12.2. The second-order valence-electron chi connectivity index (χ2n) is 11.6. The van der Waals surface area contributed by atoms with Gasteiger partial charge < -0.3 is 4.57 Å². The van der Waals surface area contributed by atoms with E-state index in [0.717, 1.165) is 30.5 Å². The largest absolute Gasteiger partial charge is 0.335 e. The van der Waals surface area contributed by atoms with E-state index in [4.69, 9.17) is 6.58 Å². The molecule has 1 spiro atoms. The average Bonchev–Trinajstić information content (AvgIpc) is 3.20. The number of hydrogen-bond donors (Lipinski definition) is 0. The lowest BCUT2D eigenvalue weighted by molar-refractivity contribution is -0.129. The number of rotatable bonds is 0. The molecule has 0 unspecified atom stereocenters. The topological polar surface area (TPSA) is 25.2 Å². The predicted octanol–water partition coefficient (Wildman–Crippen LogP) is 5.76. The number of carbonyl (C=O) groups excluding carboxylic acids is 1. The van der Waals surface area contributed by atoms with Crippen LogP contribution in [0.5, 0.6) is 0 Å². The van der Waals surface area contributed by atoms with E-state index >= 15 is 0 Å². The summed E-state index contributed by atoms with van der Waals surface area (Å²) in [4.78, 5) is 15.7. The van der Waals surface area contributed by atoms with Gasteiger partial charge in [0, 0.05) is 40.7 Å². The van der Waals surface area contributed by atoms with Gasteiger partial charge in [-0.15, -0.1) is 0 Å². The maximum Gasteiger partial charge on any atom is 0.179 e. The van der Waals surface area contributed by atoms with Gasteiger partial charge in [-0.2, -0.15) is 0 Å². The minimum absolute atomic E-state index is 0.220. The van der Waals surface area contributed by atoms with E-state index in [2.05, 4.69) is 28.5 Å². The number of piperidine rings is 3. The quantitative estimate of drug-likeness (QED) is 0.563. The first-order valence-corrected chi connectivity index (χ1v) is 12.2. The molecule has 0 saturated carbocycles. The minimum atomic E-state index is 0.220. The second-order valence-corrected chi connectivity index (χ2v) is 11.6. The summed E-state index contributed by atoms with van der Waals surface area (Å²) in [6.07, 6.45) is 15.5. The van der Waals surface area contributed by atoms with Crippen LogP contribution in [0.3, 0.4) is 0 Å². The zero-order valence-corrected chi connectivity index (χ0v) is 17.9. The first-order chi connectivity index (χ1) is 14.0. The van der Waals surface area contributed by atoms with Gasteiger partial charge in [0.1, 0.15) is 0 Å². The van der Waals surface area contributed by atoms with Gasteiger partial charge in [0.15, 0.2) is 5.78 Å². The summed E-state index contributed by atoms with van der Waals surface area (Å²) in [5, 5.41) is 0. The number of carbonyl (C=O) groups is 1. The summed E-state index contributed by atoms with van der Waals surface area (Å²) in [5.74, 6) is 1.16. The van der Waals surface area contributed by atoms with Gasteiger partial charge in [0.2, 0.25) is 0 Å². The van der Waals surface area contributed by atoms with Gasteiger partial charge in [0.05, 0.1) is 5.69 Å². The first kappa shape index (κ1) is 17.3. The zero-order chi connectivity index (χ0) is 19.6. The van der Waals surface area contributed by atoms with Crippen LogP contribution in [-0.4, -0.2) is 32.4 Å². The Labute approximate surface area is 174 Å². The van der Waals surface area contributed by atoms with Crippen molar-refractivity contribution in [3.8, 4) is 0 Å². The molecule has 1 aromatic heterocycles. The molecule has 6 aliphatic heterocycles. The third-order valence-electron chi connectivity index (χ3n) is 10.4. The van der Waals surface area contributed by atoms with E-state index < -0.39 is 0 Å². The highest BCUT2D eigenvalue weighted by molar-refractivity contribution is 5.96. The van der Waals surface area contributed by atoms with E-state index in [1.807, 2.05) is 0 Å². The van der Waals surface area contributed by atoms with Crippen LogP contribution in [0.15, 0.2) is 18.7 Å². The predicted molar refractivity (Wildman–Crippen MR) is 115 cm³/mol. The average molecular weight is 391 g/mol. The number of ketones is 1. The van der Waals surface area contributed by atoms with Crippen molar-refractivity contribution in [1.29, 1.82) is 0 Å². The van der Waals surface area contributed by atoms with Crippen LogP contribution < -0.4 is 0 Å². The molecular weight excluding hydrogens is 356 g/mol. The second kappa shape index (κ2) is 5.28. The molecule has 6 aliphatic rings. The van der Waals surface area contributed by atoms with E-state index in [-0.39, 0.29) is 5.41 Å². The van der Waals surface area contributed by atoms with Gasteiger partial charge in [-0.3, -0.25) is 9.69 Å². The van der Waals surface area contributed by atoms with Crippen LogP contribution in [0.2, 0.25) is 0 Å². The lowest BCUT2D eigenvalue weighted by Crippen LogP contribution is -2.68. The molecule has 1 aromatic rings. The molecule has 154 valence electrons. The molecule has 0 amide bonds. The number of hydrogen-bond acceptors (Lipinski definition) is 2. The van der Waals surface area contributed by atoms with Gasteiger partial charge in [-0.1, -0.05) is 19.9 Å². The SMILES string of the molecule is C=C1c2ccc3n2[C@@H](CCC3=O)C[C@@]12C[C@]13CCC[C@H]4C[C@@H](C)C[C@]2(CCC1)N43. The highest BCUT2D eigenvalue weighted by atomic mass is 16.1. The molecule has 29 heavy (non-hydrogen) atoms. The van der Waals surface area contributed by atoms with Crippen molar-refractivity contribution in [3.63, 3.8) is 0 Å². The van der Waals surface area contributed by atoms with E-state index in [0.29, 0.717) is 22.9 Å². The maximum absolute atomic E-state index is 12.5. The normalized spacial score (nSPS) is 48.0. The Balaban J connectivity index is 1.46. The van der Waals surface area contributed by atoms with E-state index in [1.54, 1.807) is 0 Å². The van der Waals surface area contributed by atoms with Crippen molar-refractivity contribution < 1.29 is 4.79 Å². The van der Waals surface area contributed by atoms with Crippen LogP contribution in [0.25, 0.3) is 5.57 Å². The monoisotopic (exact) mass is 390 g/mol. The fourth-order valence-electron chi connectivity index (χ4n) is 9.87. The summed E-state index contributed by atoms with van der Waals surface area (Å²) < 4.78 is 2.40. The third kappa shape index (κ3) is 1.81. The van der Waals surface area contributed by atoms with Crippen molar-refractivity contribution in [2.45, 2.75) is 107 Å². The highest BCUT2D eigenvalue weighted by Gasteiger charge is 2.73. The number of Topliss-reactive ketones (excluding diaryl/α,β-unsaturated/α-hetero) is 1. The molecule has 3 nitrogen and oxygen atoms in total. The van der Waals surface area contributed by atoms with Crippen molar-refractivity contribution in [1.82, 2.24) is 9.47 Å². The third-order valence-corrected chi connectivity index (χ3v) is 10.4. The Kier molecular flexibility index (Phi) is 3.15. The molecule has 4 fully saturated rings. The fourth-order valence-corrected chi connectivity index (χ4v) is 9.87. The molecular formula is C26H34N2O. The summed E-state index contributed by atoms with van der Waals surface area (Å²) in [7, 11) is 0. The van der Waals surface area contributed by atoms with Crippen molar-refractivity contribution in [2.24, 2.45) is 11.3 Å². The molecule has 4 saturated heterocycles. The standard InChI is InChI=1S/C26H34N2O/c1-17-13-19-5-3-10-24-11-4-12-26(14-17,28(19)24)25(16-24)15-20-6-9-23(29)22-8-7-21(18(25)2)27(20)22/h7-8,17,19-20H,2-6,9-16H2,1H3/t17-,19+,20+,24+,25-,26+/m1/s1. The van der Waals surface area contributed by atoms with E-state index in [1.165, 1.54) is 75.5 Å². The maximum atomic E-state index is 12.5. The summed E-state index contributed by atoms with van der Waals surface area (Å²) in [6.45, 7) is 7.37. The van der Waals surface area contributed by atoms with Crippen LogP contribution in [0, 0.1) is 11.3 Å². The zero-order valence-electron chi connectivity index (χ0n) is 17.9. The molecule has 0 radical (unpaired) electrons. The minimum Gasteiger partial charge on any atom is -0.335 e. The van der Waals surface area contributed by atoms with Crippen molar-refractivity contribution in [2.75, 3.05) is 0 Å². The van der Waals surface area contributed by atoms with Crippen molar-refractivity contribution >= 4 is 11.4 Å². The fraction of sp³-hybridized carbons (Fsp3) is 0.731. The molecule has 3 heteroatoms.